The Morgan fingerprint density at radius 1 is 1.00 bits per heavy atom. The number of carbonyl (C=O) groups excluding carboxylic acids is 2. The lowest BCUT2D eigenvalue weighted by Gasteiger charge is -2.39. The van der Waals surface area contributed by atoms with E-state index in [0.717, 1.165) is 16.8 Å². The van der Waals surface area contributed by atoms with Gasteiger partial charge in [0.25, 0.3) is 5.91 Å². The van der Waals surface area contributed by atoms with Crippen molar-refractivity contribution < 1.29 is 32.9 Å². The largest absolute Gasteiger partial charge is 0.497 e. The van der Waals surface area contributed by atoms with E-state index in [-0.39, 0.29) is 12.5 Å². The third-order valence-electron chi connectivity index (χ3n) is 7.67. The zero-order chi connectivity index (χ0) is 31.6. The molecule has 0 aromatic heterocycles. The Hall–Kier alpha value is -5.05. The van der Waals surface area contributed by atoms with Gasteiger partial charge in [0.15, 0.2) is 0 Å². The second kappa shape index (κ2) is 12.3. The van der Waals surface area contributed by atoms with Crippen molar-refractivity contribution in [1.29, 1.82) is 0 Å². The first-order valence-corrected chi connectivity index (χ1v) is 14.2. The van der Waals surface area contributed by atoms with Crippen molar-refractivity contribution in [1.82, 2.24) is 0 Å². The second-order valence-corrected chi connectivity index (χ2v) is 11.2. The third-order valence-corrected chi connectivity index (χ3v) is 7.67. The fourth-order valence-electron chi connectivity index (χ4n) is 5.34. The topological polar surface area (TPSA) is 86.3 Å². The van der Waals surface area contributed by atoms with Gasteiger partial charge in [0.2, 0.25) is 0 Å². The van der Waals surface area contributed by atoms with Crippen molar-refractivity contribution in [2.45, 2.75) is 39.3 Å². The van der Waals surface area contributed by atoms with Gasteiger partial charge in [-0.05, 0) is 86.9 Å². The Labute approximate surface area is 256 Å². The van der Waals surface area contributed by atoms with Crippen LogP contribution in [0.25, 0.3) is 11.1 Å². The third kappa shape index (κ3) is 6.04. The van der Waals surface area contributed by atoms with Gasteiger partial charge >= 0.3 is 5.97 Å². The lowest BCUT2D eigenvalue weighted by Crippen LogP contribution is -2.52. The molecule has 0 atom stereocenters. The minimum atomic E-state index is -0.813. The van der Waals surface area contributed by atoms with E-state index in [2.05, 4.69) is 5.32 Å². The SMILES string of the molecule is COc1ccc(C(=O)Oc2ccc(-c3ccc4c(c3COC3=C(C)CC=CC(F)=C3)N(C)C(=O)C(C)(C)N4)c(OC)c2)cc1. The van der Waals surface area contributed by atoms with Gasteiger partial charge in [0.05, 0.1) is 31.2 Å². The Kier molecular flexibility index (Phi) is 8.49. The molecule has 0 radical (unpaired) electrons. The monoisotopic (exact) mass is 598 g/mol. The summed E-state index contributed by atoms with van der Waals surface area (Å²) in [7, 11) is 4.82. The molecule has 0 unspecified atom stereocenters. The minimum Gasteiger partial charge on any atom is -0.497 e. The van der Waals surface area contributed by atoms with Crippen LogP contribution in [0, 0.1) is 0 Å². The van der Waals surface area contributed by atoms with Gasteiger partial charge in [-0.25, -0.2) is 9.18 Å². The Morgan fingerprint density at radius 3 is 2.41 bits per heavy atom. The number of esters is 1. The minimum absolute atomic E-state index is 0.0477. The standard InChI is InChI=1S/C35H35FN2O6/c1-21-8-7-9-23(36)18-30(21)43-20-28-26(16-17-29-32(28)38(4)34(40)35(2,3)37-29)27-15-14-25(19-31(27)42-6)44-33(39)22-10-12-24(41-5)13-11-22/h7,9-19,37H,8,20H2,1-6H3. The van der Waals surface area contributed by atoms with Crippen LogP contribution in [-0.4, -0.2) is 38.7 Å². The number of ether oxygens (including phenoxy) is 4. The van der Waals surface area contributed by atoms with E-state index >= 15 is 0 Å². The smallest absolute Gasteiger partial charge is 0.343 e. The summed E-state index contributed by atoms with van der Waals surface area (Å²) in [6, 6.07) is 15.6. The number of allylic oxidation sites excluding steroid dienone is 5. The zero-order valence-corrected chi connectivity index (χ0v) is 25.6. The highest BCUT2D eigenvalue weighted by atomic mass is 19.1. The zero-order valence-electron chi connectivity index (χ0n) is 25.6. The number of nitrogens with zero attached hydrogens (tertiary/aromatic N) is 1. The molecule has 1 amide bonds. The van der Waals surface area contributed by atoms with Crippen molar-refractivity contribution in [3.8, 4) is 28.4 Å². The molecule has 5 rings (SSSR count). The summed E-state index contributed by atoms with van der Waals surface area (Å²) >= 11 is 0. The van der Waals surface area contributed by atoms with E-state index in [0.29, 0.717) is 51.8 Å². The van der Waals surface area contributed by atoms with Crippen LogP contribution in [0.3, 0.4) is 0 Å². The number of nitrogens with one attached hydrogen (secondary N) is 1. The first kappa shape index (κ1) is 30.4. The van der Waals surface area contributed by atoms with E-state index in [1.165, 1.54) is 19.3 Å². The molecule has 1 aliphatic heterocycles. The van der Waals surface area contributed by atoms with Crippen LogP contribution >= 0.6 is 0 Å². The number of benzene rings is 3. The number of fused-ring (bicyclic) bond motifs is 1. The first-order valence-electron chi connectivity index (χ1n) is 14.2. The fourth-order valence-corrected chi connectivity index (χ4v) is 5.34. The van der Waals surface area contributed by atoms with Crippen molar-refractivity contribution in [2.24, 2.45) is 0 Å². The quantitative estimate of drug-likeness (QED) is 0.214. The van der Waals surface area contributed by atoms with Crippen molar-refractivity contribution >= 4 is 23.3 Å². The van der Waals surface area contributed by atoms with E-state index in [1.54, 1.807) is 67.6 Å². The Bertz CT molecular complexity index is 1700. The Balaban J connectivity index is 1.55. The van der Waals surface area contributed by atoms with Crippen molar-refractivity contribution in [3.05, 3.63) is 101 Å². The molecule has 0 saturated heterocycles. The maximum absolute atomic E-state index is 14.3. The number of likely N-dealkylation sites (N-methyl/N-ethyl adjacent to an activating group) is 1. The molecular formula is C35H35FN2O6. The van der Waals surface area contributed by atoms with E-state index in [1.807, 2.05) is 32.9 Å². The number of amides is 1. The lowest BCUT2D eigenvalue weighted by atomic mass is 9.91. The lowest BCUT2D eigenvalue weighted by molar-refractivity contribution is -0.121. The van der Waals surface area contributed by atoms with E-state index in [4.69, 9.17) is 18.9 Å². The molecule has 9 heteroatoms. The van der Waals surface area contributed by atoms with Crippen LogP contribution in [0.4, 0.5) is 15.8 Å². The molecule has 8 nitrogen and oxygen atoms in total. The number of carbonyl (C=O) groups is 2. The molecule has 0 saturated carbocycles. The number of methoxy groups -OCH3 is 2. The summed E-state index contributed by atoms with van der Waals surface area (Å²) in [5.74, 6) is 0.768. The highest BCUT2D eigenvalue weighted by molar-refractivity contribution is 6.08. The van der Waals surface area contributed by atoms with Gasteiger partial charge in [0.1, 0.15) is 41.0 Å². The van der Waals surface area contributed by atoms with Gasteiger partial charge in [-0.1, -0.05) is 12.1 Å². The highest BCUT2D eigenvalue weighted by Crippen LogP contribution is 2.45. The molecule has 228 valence electrons. The molecule has 1 N–H and O–H groups in total. The summed E-state index contributed by atoms with van der Waals surface area (Å²) in [4.78, 5) is 27.8. The van der Waals surface area contributed by atoms with E-state index in [9.17, 15) is 14.0 Å². The number of anilines is 2. The van der Waals surface area contributed by atoms with Crippen molar-refractivity contribution in [3.63, 3.8) is 0 Å². The normalized spacial score (nSPS) is 15.6. The van der Waals surface area contributed by atoms with Crippen LogP contribution in [0.1, 0.15) is 43.1 Å². The highest BCUT2D eigenvalue weighted by Gasteiger charge is 2.39. The van der Waals surface area contributed by atoms with Gasteiger partial charge in [-0.3, -0.25) is 4.79 Å². The summed E-state index contributed by atoms with van der Waals surface area (Å²) in [6.07, 6.45) is 5.09. The number of halogens is 1. The second-order valence-electron chi connectivity index (χ2n) is 11.2. The fraction of sp³-hybridized carbons (Fsp3) is 0.257. The maximum Gasteiger partial charge on any atom is 0.343 e. The summed E-state index contributed by atoms with van der Waals surface area (Å²) in [5.41, 5.74) is 3.99. The van der Waals surface area contributed by atoms with Gasteiger partial charge in [-0.2, -0.15) is 0 Å². The summed E-state index contributed by atoms with van der Waals surface area (Å²) in [5, 5.41) is 3.34. The molecule has 1 aliphatic carbocycles. The van der Waals surface area contributed by atoms with Gasteiger partial charge in [0, 0.05) is 30.3 Å². The number of hydrogen-bond acceptors (Lipinski definition) is 7. The molecule has 2 aliphatic rings. The summed E-state index contributed by atoms with van der Waals surface area (Å²) < 4.78 is 37.1. The maximum atomic E-state index is 14.3. The van der Waals surface area contributed by atoms with Crippen LogP contribution in [0.15, 0.2) is 90.0 Å². The predicted molar refractivity (Wildman–Crippen MR) is 168 cm³/mol. The average Bonchev–Trinajstić information content (AvgIpc) is 3.17. The molecular weight excluding hydrogens is 563 g/mol. The van der Waals surface area contributed by atoms with Gasteiger partial charge in [-0.15, -0.1) is 0 Å². The number of hydrogen-bond donors (Lipinski definition) is 1. The van der Waals surface area contributed by atoms with Crippen LogP contribution in [0.5, 0.6) is 17.2 Å². The molecule has 3 aromatic carbocycles. The van der Waals surface area contributed by atoms with Gasteiger partial charge < -0.3 is 29.2 Å². The molecule has 3 aromatic rings. The molecule has 0 spiro atoms. The van der Waals surface area contributed by atoms with E-state index < -0.39 is 17.3 Å². The molecule has 0 bridgehead atoms. The summed E-state index contributed by atoms with van der Waals surface area (Å²) in [6.45, 7) is 5.60. The average molecular weight is 599 g/mol. The molecule has 1 heterocycles. The predicted octanol–water partition coefficient (Wildman–Crippen LogP) is 7.36. The first-order chi connectivity index (χ1) is 21.0. The molecule has 44 heavy (non-hydrogen) atoms. The number of rotatable bonds is 8. The van der Waals surface area contributed by atoms with Crippen LogP contribution in [-0.2, 0) is 16.1 Å². The Morgan fingerprint density at radius 2 is 1.70 bits per heavy atom. The van der Waals surface area contributed by atoms with Crippen LogP contribution in [0.2, 0.25) is 0 Å². The molecule has 0 fully saturated rings. The van der Waals surface area contributed by atoms with Crippen molar-refractivity contribution in [2.75, 3.05) is 31.5 Å². The van der Waals surface area contributed by atoms with Crippen LogP contribution < -0.4 is 24.4 Å².